The van der Waals surface area contributed by atoms with Gasteiger partial charge in [-0.15, -0.1) is 0 Å². The third kappa shape index (κ3) is 3.56. The van der Waals surface area contributed by atoms with Crippen molar-refractivity contribution in [2.45, 2.75) is 18.7 Å². The van der Waals surface area contributed by atoms with Crippen LogP contribution in [-0.4, -0.2) is 15.5 Å². The summed E-state index contributed by atoms with van der Waals surface area (Å²) in [7, 11) is -2.15. The molecule has 0 spiro atoms. The van der Waals surface area contributed by atoms with Crippen molar-refractivity contribution in [3.8, 4) is 5.75 Å². The minimum Gasteiger partial charge on any atom is -0.496 e. The predicted octanol–water partition coefficient (Wildman–Crippen LogP) is 4.53. The maximum atomic E-state index is 12.6. The summed E-state index contributed by atoms with van der Waals surface area (Å²) in [5, 5.41) is 0.433. The first-order chi connectivity index (χ1) is 10.2. The lowest BCUT2D eigenvalue weighted by molar-refractivity contribution is 0.411. The zero-order valence-electron chi connectivity index (χ0n) is 12.3. The summed E-state index contributed by atoms with van der Waals surface area (Å²) in [4.78, 5) is 0.213. The van der Waals surface area contributed by atoms with E-state index in [1.54, 1.807) is 51.3 Å². The van der Waals surface area contributed by atoms with Gasteiger partial charge in [0.1, 0.15) is 5.75 Å². The number of benzene rings is 2. The number of sulfonamides is 1. The monoisotopic (exact) mass is 403 g/mol. The molecule has 118 valence electrons. The van der Waals surface area contributed by atoms with Gasteiger partial charge in [-0.05, 0) is 71.2 Å². The molecule has 0 radical (unpaired) electrons. The highest BCUT2D eigenvalue weighted by Crippen LogP contribution is 2.29. The highest BCUT2D eigenvalue weighted by Gasteiger charge is 2.19. The van der Waals surface area contributed by atoms with E-state index in [4.69, 9.17) is 16.3 Å². The third-order valence-electron chi connectivity index (χ3n) is 3.15. The molecular weight excluding hydrogens is 390 g/mol. The minimum atomic E-state index is -3.70. The van der Waals surface area contributed by atoms with Gasteiger partial charge in [0, 0.05) is 4.47 Å². The van der Waals surface area contributed by atoms with E-state index in [0.29, 0.717) is 26.5 Å². The lowest BCUT2D eigenvalue weighted by Gasteiger charge is -2.13. The van der Waals surface area contributed by atoms with Gasteiger partial charge in [0.25, 0.3) is 10.0 Å². The molecule has 0 bridgehead atoms. The maximum Gasteiger partial charge on any atom is 0.262 e. The summed E-state index contributed by atoms with van der Waals surface area (Å²) in [6, 6.07) is 8.18. The number of nitrogens with one attached hydrogen (secondary N) is 1. The van der Waals surface area contributed by atoms with Gasteiger partial charge in [-0.2, -0.15) is 0 Å². The van der Waals surface area contributed by atoms with Crippen LogP contribution in [0.1, 0.15) is 11.1 Å². The molecule has 0 atom stereocenters. The molecule has 2 aromatic rings. The van der Waals surface area contributed by atoms with Crippen molar-refractivity contribution < 1.29 is 13.2 Å². The predicted molar refractivity (Wildman–Crippen MR) is 92.4 cm³/mol. The number of halogens is 2. The van der Waals surface area contributed by atoms with Crippen LogP contribution in [0.5, 0.6) is 5.75 Å². The first-order valence-electron chi connectivity index (χ1n) is 6.37. The van der Waals surface area contributed by atoms with Gasteiger partial charge in [-0.25, -0.2) is 8.42 Å². The van der Waals surface area contributed by atoms with Gasteiger partial charge in [-0.1, -0.05) is 11.6 Å². The lowest BCUT2D eigenvalue weighted by Crippen LogP contribution is -2.14. The Hall–Kier alpha value is -1.24. The zero-order chi connectivity index (χ0) is 16.5. The summed E-state index contributed by atoms with van der Waals surface area (Å²) >= 11 is 9.25. The van der Waals surface area contributed by atoms with E-state index >= 15 is 0 Å². The second-order valence-electron chi connectivity index (χ2n) is 4.82. The summed E-state index contributed by atoms with van der Waals surface area (Å²) < 4.78 is 33.6. The number of ether oxygens (including phenoxy) is 1. The Labute approximate surface area is 143 Å². The first kappa shape index (κ1) is 17.1. The molecule has 1 N–H and O–H groups in total. The van der Waals surface area contributed by atoms with E-state index in [2.05, 4.69) is 20.7 Å². The van der Waals surface area contributed by atoms with Crippen LogP contribution < -0.4 is 9.46 Å². The van der Waals surface area contributed by atoms with E-state index in [0.717, 1.165) is 5.56 Å². The summed E-state index contributed by atoms with van der Waals surface area (Å²) in [5.41, 5.74) is 1.77. The standard InChI is InChI=1S/C15H15BrClNO3S/c1-9-7-15(10(2)6-14(9)21-3)22(19,20)18-11-4-5-12(16)13(17)8-11/h4-8,18H,1-3H3. The summed E-state index contributed by atoms with van der Waals surface area (Å²) in [6.07, 6.45) is 0. The van der Waals surface area contributed by atoms with Crippen LogP contribution in [0.15, 0.2) is 39.7 Å². The van der Waals surface area contributed by atoms with E-state index < -0.39 is 10.0 Å². The fourth-order valence-electron chi connectivity index (χ4n) is 2.04. The average molecular weight is 405 g/mol. The highest BCUT2D eigenvalue weighted by molar-refractivity contribution is 9.10. The summed E-state index contributed by atoms with van der Waals surface area (Å²) in [5.74, 6) is 0.656. The van der Waals surface area contributed by atoms with E-state index in [1.165, 1.54) is 0 Å². The van der Waals surface area contributed by atoms with Gasteiger partial charge in [0.2, 0.25) is 0 Å². The zero-order valence-corrected chi connectivity index (χ0v) is 15.4. The third-order valence-corrected chi connectivity index (χ3v) is 5.91. The number of aryl methyl sites for hydroxylation is 2. The van der Waals surface area contributed by atoms with Crippen LogP contribution in [0.4, 0.5) is 5.69 Å². The molecule has 0 saturated heterocycles. The fourth-order valence-corrected chi connectivity index (χ4v) is 3.83. The second kappa shape index (κ2) is 6.48. The number of methoxy groups -OCH3 is 1. The molecule has 0 heterocycles. The Bertz CT molecular complexity index is 822. The SMILES string of the molecule is COc1cc(C)c(S(=O)(=O)Nc2ccc(Br)c(Cl)c2)cc1C. The van der Waals surface area contributed by atoms with Crippen LogP contribution in [0, 0.1) is 13.8 Å². The number of hydrogen-bond acceptors (Lipinski definition) is 3. The van der Waals surface area contributed by atoms with E-state index in [1.807, 2.05) is 0 Å². The maximum absolute atomic E-state index is 12.6. The minimum absolute atomic E-state index is 0.213. The van der Waals surface area contributed by atoms with Gasteiger partial charge in [0.15, 0.2) is 0 Å². The van der Waals surface area contributed by atoms with Crippen molar-refractivity contribution in [2.75, 3.05) is 11.8 Å². The smallest absolute Gasteiger partial charge is 0.262 e. The van der Waals surface area contributed by atoms with Crippen molar-refractivity contribution in [2.24, 2.45) is 0 Å². The van der Waals surface area contributed by atoms with Crippen molar-refractivity contribution in [3.63, 3.8) is 0 Å². The Morgan fingerprint density at radius 1 is 1.14 bits per heavy atom. The van der Waals surface area contributed by atoms with Crippen molar-refractivity contribution in [1.29, 1.82) is 0 Å². The van der Waals surface area contributed by atoms with Gasteiger partial charge in [-0.3, -0.25) is 4.72 Å². The molecule has 2 aromatic carbocycles. The van der Waals surface area contributed by atoms with E-state index in [9.17, 15) is 8.42 Å². The van der Waals surface area contributed by atoms with Crippen LogP contribution in [0.3, 0.4) is 0 Å². The Morgan fingerprint density at radius 3 is 2.41 bits per heavy atom. The molecule has 2 rings (SSSR count). The average Bonchev–Trinajstić information content (AvgIpc) is 2.44. The van der Waals surface area contributed by atoms with Gasteiger partial charge >= 0.3 is 0 Å². The van der Waals surface area contributed by atoms with Crippen LogP contribution in [-0.2, 0) is 10.0 Å². The van der Waals surface area contributed by atoms with Crippen LogP contribution >= 0.6 is 27.5 Å². The molecule has 0 aliphatic carbocycles. The fraction of sp³-hybridized carbons (Fsp3) is 0.200. The first-order valence-corrected chi connectivity index (χ1v) is 9.03. The van der Waals surface area contributed by atoms with Crippen molar-refractivity contribution in [1.82, 2.24) is 0 Å². The largest absolute Gasteiger partial charge is 0.496 e. The highest BCUT2D eigenvalue weighted by atomic mass is 79.9. The second-order valence-corrected chi connectivity index (χ2v) is 7.73. The molecule has 4 nitrogen and oxygen atoms in total. The molecule has 0 unspecified atom stereocenters. The molecule has 0 aliphatic rings. The number of hydrogen-bond donors (Lipinski definition) is 1. The molecule has 0 amide bonds. The lowest BCUT2D eigenvalue weighted by atomic mass is 10.1. The quantitative estimate of drug-likeness (QED) is 0.814. The van der Waals surface area contributed by atoms with Gasteiger partial charge < -0.3 is 4.74 Å². The van der Waals surface area contributed by atoms with Crippen LogP contribution in [0.2, 0.25) is 5.02 Å². The summed E-state index contributed by atoms with van der Waals surface area (Å²) in [6.45, 7) is 3.53. The molecule has 7 heteroatoms. The van der Waals surface area contributed by atoms with E-state index in [-0.39, 0.29) is 4.90 Å². The Morgan fingerprint density at radius 2 is 1.82 bits per heavy atom. The molecule has 0 saturated carbocycles. The number of rotatable bonds is 4. The molecular formula is C15H15BrClNO3S. The van der Waals surface area contributed by atoms with Gasteiger partial charge in [0.05, 0.1) is 22.7 Å². The number of anilines is 1. The Kier molecular flexibility index (Phi) is 5.04. The van der Waals surface area contributed by atoms with Crippen LogP contribution in [0.25, 0.3) is 0 Å². The normalized spacial score (nSPS) is 11.3. The molecule has 0 fully saturated rings. The molecule has 0 aliphatic heterocycles. The van der Waals surface area contributed by atoms with Crippen molar-refractivity contribution in [3.05, 3.63) is 51.0 Å². The topological polar surface area (TPSA) is 55.4 Å². The van der Waals surface area contributed by atoms with Crippen molar-refractivity contribution >= 4 is 43.2 Å². The molecule has 0 aromatic heterocycles. The molecule has 22 heavy (non-hydrogen) atoms. The Balaban J connectivity index is 2.42.